The van der Waals surface area contributed by atoms with Crippen LogP contribution in [0, 0.1) is 18.3 Å². The van der Waals surface area contributed by atoms with Crippen LogP contribution in [-0.4, -0.2) is 26.1 Å². The van der Waals surface area contributed by atoms with Crippen LogP contribution in [-0.2, 0) is 14.6 Å². The Kier molecular flexibility index (Phi) is 5.24. The SMILES string of the molecule is C#CCS(=O)(=O)c1ccccc1/C=C(\C)C1NNC(=O)CC1C. The second-order valence-electron chi connectivity index (χ2n) is 5.74. The number of nitrogens with one attached hydrogen (secondary N) is 2. The van der Waals surface area contributed by atoms with E-state index in [1.54, 1.807) is 24.3 Å². The summed E-state index contributed by atoms with van der Waals surface area (Å²) < 4.78 is 24.5. The third-order valence-corrected chi connectivity index (χ3v) is 5.43. The lowest BCUT2D eigenvalue weighted by Crippen LogP contribution is -2.53. The molecule has 2 unspecified atom stereocenters. The highest BCUT2D eigenvalue weighted by molar-refractivity contribution is 7.91. The summed E-state index contributed by atoms with van der Waals surface area (Å²) in [5.41, 5.74) is 7.14. The highest BCUT2D eigenvalue weighted by Crippen LogP contribution is 2.24. The Morgan fingerprint density at radius 1 is 1.43 bits per heavy atom. The molecule has 1 amide bonds. The van der Waals surface area contributed by atoms with Crippen molar-refractivity contribution < 1.29 is 13.2 Å². The Hall–Kier alpha value is -2.10. The average molecular weight is 332 g/mol. The summed E-state index contributed by atoms with van der Waals surface area (Å²) in [6.45, 7) is 3.89. The Morgan fingerprint density at radius 2 is 2.13 bits per heavy atom. The Bertz CT molecular complexity index is 775. The molecule has 2 N–H and O–H groups in total. The Morgan fingerprint density at radius 3 is 2.78 bits per heavy atom. The number of hydrogen-bond donors (Lipinski definition) is 2. The number of benzene rings is 1. The maximum Gasteiger partial charge on any atom is 0.234 e. The molecule has 2 atom stereocenters. The lowest BCUT2D eigenvalue weighted by molar-refractivity contribution is -0.125. The molecule has 6 heteroatoms. The van der Waals surface area contributed by atoms with Gasteiger partial charge in [-0.3, -0.25) is 10.2 Å². The van der Waals surface area contributed by atoms with E-state index >= 15 is 0 Å². The van der Waals surface area contributed by atoms with Crippen molar-refractivity contribution in [1.29, 1.82) is 0 Å². The monoisotopic (exact) mass is 332 g/mol. The summed E-state index contributed by atoms with van der Waals surface area (Å²) in [5, 5.41) is 0. The molecule has 1 aromatic rings. The number of carbonyl (C=O) groups is 1. The summed E-state index contributed by atoms with van der Waals surface area (Å²) in [5.74, 6) is 1.94. The minimum atomic E-state index is -3.51. The average Bonchev–Trinajstić information content (AvgIpc) is 2.47. The van der Waals surface area contributed by atoms with Gasteiger partial charge in [-0.05, 0) is 24.5 Å². The summed E-state index contributed by atoms with van der Waals surface area (Å²) in [6.07, 6.45) is 7.42. The van der Waals surface area contributed by atoms with E-state index in [0.717, 1.165) is 5.57 Å². The van der Waals surface area contributed by atoms with Gasteiger partial charge in [0.05, 0.1) is 10.9 Å². The van der Waals surface area contributed by atoms with Crippen LogP contribution in [0.1, 0.15) is 25.8 Å². The Labute approximate surface area is 137 Å². The van der Waals surface area contributed by atoms with Gasteiger partial charge >= 0.3 is 0 Å². The van der Waals surface area contributed by atoms with Crippen LogP contribution in [0.2, 0.25) is 0 Å². The van der Waals surface area contributed by atoms with Crippen molar-refractivity contribution in [3.05, 3.63) is 35.4 Å². The first kappa shape index (κ1) is 17.3. The predicted molar refractivity (Wildman–Crippen MR) is 89.8 cm³/mol. The number of hydrogen-bond acceptors (Lipinski definition) is 4. The quantitative estimate of drug-likeness (QED) is 0.820. The van der Waals surface area contributed by atoms with Crippen molar-refractivity contribution in [2.24, 2.45) is 5.92 Å². The van der Waals surface area contributed by atoms with Crippen LogP contribution in [0.3, 0.4) is 0 Å². The molecule has 1 aromatic carbocycles. The third-order valence-electron chi connectivity index (χ3n) is 3.84. The van der Waals surface area contributed by atoms with E-state index in [-0.39, 0.29) is 28.5 Å². The maximum atomic E-state index is 12.3. The molecule has 0 aliphatic carbocycles. The summed E-state index contributed by atoms with van der Waals surface area (Å²) in [6, 6.07) is 6.73. The molecule has 2 rings (SSSR count). The van der Waals surface area contributed by atoms with Crippen molar-refractivity contribution in [3.8, 4) is 12.3 Å². The van der Waals surface area contributed by atoms with E-state index in [4.69, 9.17) is 6.42 Å². The molecule has 23 heavy (non-hydrogen) atoms. The highest BCUT2D eigenvalue weighted by Gasteiger charge is 2.26. The third kappa shape index (κ3) is 4.01. The molecule has 1 saturated heterocycles. The molecule has 122 valence electrons. The second-order valence-corrected chi connectivity index (χ2v) is 7.70. The molecule has 1 fully saturated rings. The maximum absolute atomic E-state index is 12.3. The van der Waals surface area contributed by atoms with E-state index in [2.05, 4.69) is 16.8 Å². The summed E-state index contributed by atoms with van der Waals surface area (Å²) >= 11 is 0. The van der Waals surface area contributed by atoms with Crippen LogP contribution in [0.4, 0.5) is 0 Å². The van der Waals surface area contributed by atoms with E-state index in [0.29, 0.717) is 12.0 Å². The van der Waals surface area contributed by atoms with E-state index < -0.39 is 9.84 Å². The number of terminal acetylenes is 1. The summed E-state index contributed by atoms with van der Waals surface area (Å²) in [4.78, 5) is 11.6. The lowest BCUT2D eigenvalue weighted by Gasteiger charge is -2.30. The standard InChI is InChI=1S/C17H20N2O3S/c1-4-9-23(21,22)15-8-6-5-7-14(15)10-12(2)17-13(3)11-16(20)18-19-17/h1,5-8,10,13,17,19H,9,11H2,2-3H3,(H,18,20)/b12-10+. The molecule has 0 aromatic heterocycles. The van der Waals surface area contributed by atoms with Crippen LogP contribution in [0.15, 0.2) is 34.7 Å². The van der Waals surface area contributed by atoms with Crippen molar-refractivity contribution >= 4 is 21.8 Å². The zero-order chi connectivity index (χ0) is 17.0. The van der Waals surface area contributed by atoms with Crippen molar-refractivity contribution in [1.82, 2.24) is 10.9 Å². The van der Waals surface area contributed by atoms with E-state index in [9.17, 15) is 13.2 Å². The zero-order valence-corrected chi connectivity index (χ0v) is 14.0. The van der Waals surface area contributed by atoms with Crippen LogP contribution in [0.5, 0.6) is 0 Å². The van der Waals surface area contributed by atoms with Gasteiger partial charge in [0.15, 0.2) is 9.84 Å². The number of carbonyl (C=O) groups excluding carboxylic acids is 1. The highest BCUT2D eigenvalue weighted by atomic mass is 32.2. The van der Waals surface area contributed by atoms with Crippen molar-refractivity contribution in [2.45, 2.75) is 31.2 Å². The van der Waals surface area contributed by atoms with Crippen molar-refractivity contribution in [2.75, 3.05) is 5.75 Å². The molecule has 1 aliphatic rings. The zero-order valence-electron chi connectivity index (χ0n) is 13.2. The topological polar surface area (TPSA) is 75.3 Å². The van der Waals surface area contributed by atoms with Gasteiger partial charge in [0, 0.05) is 6.42 Å². The molecular formula is C17H20N2O3S. The van der Waals surface area contributed by atoms with Gasteiger partial charge in [-0.25, -0.2) is 13.8 Å². The largest absolute Gasteiger partial charge is 0.291 e. The van der Waals surface area contributed by atoms with E-state index in [1.807, 2.05) is 19.9 Å². The van der Waals surface area contributed by atoms with Gasteiger partial charge in [0.1, 0.15) is 5.75 Å². The van der Waals surface area contributed by atoms with Crippen LogP contribution >= 0.6 is 0 Å². The number of sulfone groups is 1. The van der Waals surface area contributed by atoms with Crippen LogP contribution in [0.25, 0.3) is 6.08 Å². The Balaban J connectivity index is 2.36. The van der Waals surface area contributed by atoms with Gasteiger partial charge in [-0.15, -0.1) is 6.42 Å². The second kappa shape index (κ2) is 6.99. The van der Waals surface area contributed by atoms with E-state index in [1.165, 1.54) is 0 Å². The summed E-state index contributed by atoms with van der Waals surface area (Å²) in [7, 11) is -3.51. The number of rotatable bonds is 4. The van der Waals surface area contributed by atoms with Crippen LogP contribution < -0.4 is 10.9 Å². The van der Waals surface area contributed by atoms with Gasteiger partial charge < -0.3 is 0 Å². The fourth-order valence-corrected chi connectivity index (χ4v) is 3.88. The fraction of sp³-hybridized carbons (Fsp3) is 0.353. The minimum Gasteiger partial charge on any atom is -0.291 e. The first-order chi connectivity index (χ1) is 10.8. The molecule has 1 heterocycles. The van der Waals surface area contributed by atoms with Gasteiger partial charge in [0.25, 0.3) is 0 Å². The van der Waals surface area contributed by atoms with Gasteiger partial charge in [-0.2, -0.15) is 0 Å². The molecular weight excluding hydrogens is 312 g/mol. The number of hydrazine groups is 1. The first-order valence-electron chi connectivity index (χ1n) is 7.33. The molecule has 0 saturated carbocycles. The minimum absolute atomic E-state index is 0.0430. The molecule has 0 bridgehead atoms. The smallest absolute Gasteiger partial charge is 0.234 e. The fourth-order valence-electron chi connectivity index (χ4n) is 2.73. The number of amides is 1. The normalized spacial score (nSPS) is 22.3. The first-order valence-corrected chi connectivity index (χ1v) is 8.98. The molecule has 0 spiro atoms. The lowest BCUT2D eigenvalue weighted by atomic mass is 9.90. The molecule has 5 nitrogen and oxygen atoms in total. The molecule has 1 aliphatic heterocycles. The predicted octanol–water partition coefficient (Wildman–Crippen LogP) is 1.53. The van der Waals surface area contributed by atoms with Gasteiger partial charge in [-0.1, -0.05) is 42.7 Å². The van der Waals surface area contributed by atoms with Gasteiger partial charge in [0.2, 0.25) is 5.91 Å². The molecule has 0 radical (unpaired) electrons. The van der Waals surface area contributed by atoms with Crippen molar-refractivity contribution in [3.63, 3.8) is 0 Å².